The molecule has 3 aromatic carbocycles. The molecule has 2 aliphatic rings. The third kappa shape index (κ3) is 5.56. The normalized spacial score (nSPS) is 18.5. The zero-order valence-corrected chi connectivity index (χ0v) is 21.9. The summed E-state index contributed by atoms with van der Waals surface area (Å²) in [5.74, 6) is -0.00841. The lowest BCUT2D eigenvalue weighted by Crippen LogP contribution is -2.70. The fraction of sp³-hybridized carbons (Fsp3) is 0.207. The number of benzene rings is 3. The van der Waals surface area contributed by atoms with Crippen LogP contribution in [0.1, 0.15) is 22.8 Å². The summed E-state index contributed by atoms with van der Waals surface area (Å²) in [7, 11) is 0. The molecule has 0 unspecified atom stereocenters. The molecule has 2 amide bonds. The molecule has 1 N–H and O–H groups in total. The molecule has 0 saturated carbocycles. The van der Waals surface area contributed by atoms with Crippen molar-refractivity contribution in [2.75, 3.05) is 11.6 Å². The number of carbonyl (C=O) groups is 3. The van der Waals surface area contributed by atoms with Crippen molar-refractivity contribution in [3.05, 3.63) is 119 Å². The molecule has 0 radical (unpaired) electrons. The molecule has 0 aliphatic carbocycles. The number of thioether (sulfide) groups is 1. The fourth-order valence-corrected chi connectivity index (χ4v) is 6.05. The van der Waals surface area contributed by atoms with Crippen LogP contribution in [0.15, 0.2) is 102 Å². The number of amides is 2. The number of alkyl halides is 1. The quantitative estimate of drug-likeness (QED) is 0.242. The van der Waals surface area contributed by atoms with E-state index in [1.807, 2.05) is 91.0 Å². The molecule has 5 rings (SSSR count). The molecule has 0 bridgehead atoms. The molecule has 2 atom stereocenters. The molecule has 0 spiro atoms. The lowest BCUT2D eigenvalue weighted by Gasteiger charge is -2.49. The van der Waals surface area contributed by atoms with Crippen LogP contribution in [0.2, 0.25) is 0 Å². The van der Waals surface area contributed by atoms with E-state index in [0.29, 0.717) is 11.3 Å². The minimum absolute atomic E-state index is 0.0761. The van der Waals surface area contributed by atoms with E-state index in [-0.39, 0.29) is 30.0 Å². The Morgan fingerprint density at radius 2 is 1.53 bits per heavy atom. The number of hydrogen-bond donors (Lipinski definition) is 1. The molecule has 9 heteroatoms. The highest BCUT2D eigenvalue weighted by molar-refractivity contribution is 8.00. The van der Waals surface area contributed by atoms with Gasteiger partial charge in [0, 0.05) is 17.2 Å². The molecule has 7 nitrogen and oxygen atoms in total. The van der Waals surface area contributed by atoms with Gasteiger partial charge in [0.05, 0.1) is 6.42 Å². The maximum Gasteiger partial charge on any atom is 0.516 e. The van der Waals surface area contributed by atoms with Crippen molar-refractivity contribution in [1.29, 1.82) is 0 Å². The van der Waals surface area contributed by atoms with Crippen LogP contribution in [0.5, 0.6) is 0 Å². The first kappa shape index (κ1) is 25.9. The lowest BCUT2D eigenvalue weighted by molar-refractivity contribution is -0.149. The minimum atomic E-state index is -0.949. The Bertz CT molecular complexity index is 1300. The number of rotatable bonds is 8. The Morgan fingerprint density at radius 3 is 2.11 bits per heavy atom. The van der Waals surface area contributed by atoms with Crippen molar-refractivity contribution < 1.29 is 23.9 Å². The SMILES string of the molecule is O=C(Cc1ccccc1)N[C@@H]1C(=O)N2C(OC(=O)OC(c3ccccc3)c3ccccc3)=C(CCl)CS[C@H]12. The number of halogens is 1. The zero-order chi connectivity index (χ0) is 26.5. The van der Waals surface area contributed by atoms with Gasteiger partial charge < -0.3 is 14.8 Å². The van der Waals surface area contributed by atoms with E-state index in [4.69, 9.17) is 21.1 Å². The number of β-lactam (4-membered cyclic amide) rings is 1. The molecule has 3 aromatic rings. The third-order valence-electron chi connectivity index (χ3n) is 6.28. The van der Waals surface area contributed by atoms with Crippen LogP contribution in [0.4, 0.5) is 4.79 Å². The summed E-state index contributed by atoms with van der Waals surface area (Å²) in [5, 5.41) is 2.41. The van der Waals surface area contributed by atoms with Crippen LogP contribution in [0, 0.1) is 0 Å². The van der Waals surface area contributed by atoms with Crippen molar-refractivity contribution in [3.8, 4) is 0 Å². The minimum Gasteiger partial charge on any atom is -0.421 e. The standard InChI is InChI=1S/C29H25ClN2O5S/c30-17-22-18-38-28-24(31-23(33)16-19-10-4-1-5-11-19)26(34)32(28)27(22)37-29(35)36-25(20-12-6-2-7-13-20)21-14-8-3-9-15-21/h1-15,24-25,28H,16-18H2,(H,31,33)/t24-,28-/m1/s1. The van der Waals surface area contributed by atoms with E-state index >= 15 is 0 Å². The van der Waals surface area contributed by atoms with Crippen molar-refractivity contribution in [1.82, 2.24) is 10.2 Å². The summed E-state index contributed by atoms with van der Waals surface area (Å²) < 4.78 is 11.4. The van der Waals surface area contributed by atoms with Crippen molar-refractivity contribution in [2.24, 2.45) is 0 Å². The van der Waals surface area contributed by atoms with Crippen molar-refractivity contribution >= 4 is 41.3 Å². The van der Waals surface area contributed by atoms with E-state index in [2.05, 4.69) is 5.32 Å². The second-order valence-corrected chi connectivity index (χ2v) is 10.2. The number of nitrogens with zero attached hydrogens (tertiary/aromatic N) is 1. The van der Waals surface area contributed by atoms with Crippen LogP contribution in [-0.4, -0.2) is 45.9 Å². The Balaban J connectivity index is 1.28. The second-order valence-electron chi connectivity index (χ2n) is 8.83. The summed E-state index contributed by atoms with van der Waals surface area (Å²) >= 11 is 7.60. The molecule has 1 saturated heterocycles. The Hall–Kier alpha value is -3.75. The largest absolute Gasteiger partial charge is 0.516 e. The van der Waals surface area contributed by atoms with Gasteiger partial charge >= 0.3 is 6.16 Å². The predicted octanol–water partition coefficient (Wildman–Crippen LogP) is 5.02. The lowest BCUT2D eigenvalue weighted by atomic mass is 10.0. The van der Waals surface area contributed by atoms with Gasteiger partial charge in [-0.2, -0.15) is 0 Å². The van der Waals surface area contributed by atoms with Crippen molar-refractivity contribution in [3.63, 3.8) is 0 Å². The van der Waals surface area contributed by atoms with Crippen LogP contribution in [0.3, 0.4) is 0 Å². The first-order valence-electron chi connectivity index (χ1n) is 12.1. The molecule has 1 fully saturated rings. The molecule has 38 heavy (non-hydrogen) atoms. The topological polar surface area (TPSA) is 84.9 Å². The summed E-state index contributed by atoms with van der Waals surface area (Å²) in [6, 6.07) is 27.3. The fourth-order valence-electron chi connectivity index (χ4n) is 4.41. The van der Waals surface area contributed by atoms with Gasteiger partial charge in [-0.1, -0.05) is 91.0 Å². The zero-order valence-electron chi connectivity index (χ0n) is 20.3. The summed E-state index contributed by atoms with van der Waals surface area (Å²) in [4.78, 5) is 40.1. The number of hydrogen-bond acceptors (Lipinski definition) is 6. The van der Waals surface area contributed by atoms with E-state index in [1.54, 1.807) is 0 Å². The number of nitrogens with one attached hydrogen (secondary N) is 1. The van der Waals surface area contributed by atoms with E-state index in [0.717, 1.165) is 16.7 Å². The Labute approximate surface area is 229 Å². The maximum absolute atomic E-state index is 13.1. The van der Waals surface area contributed by atoms with Crippen LogP contribution in [0.25, 0.3) is 0 Å². The molecule has 2 aliphatic heterocycles. The number of fused-ring (bicyclic) bond motifs is 1. The first-order valence-corrected chi connectivity index (χ1v) is 13.7. The van der Waals surface area contributed by atoms with Gasteiger partial charge in [0.25, 0.3) is 5.91 Å². The summed E-state index contributed by atoms with van der Waals surface area (Å²) in [6.07, 6.45) is -1.48. The highest BCUT2D eigenvalue weighted by Crippen LogP contribution is 2.41. The van der Waals surface area contributed by atoms with E-state index < -0.39 is 23.7 Å². The van der Waals surface area contributed by atoms with Gasteiger partial charge in [-0.15, -0.1) is 23.4 Å². The smallest absolute Gasteiger partial charge is 0.421 e. The van der Waals surface area contributed by atoms with Gasteiger partial charge in [0.15, 0.2) is 6.10 Å². The molecule has 2 heterocycles. The third-order valence-corrected chi connectivity index (χ3v) is 7.94. The van der Waals surface area contributed by atoms with Gasteiger partial charge in [0.1, 0.15) is 11.4 Å². The molecular formula is C29H25ClN2O5S. The molecule has 0 aromatic heterocycles. The monoisotopic (exact) mass is 548 g/mol. The molecule has 194 valence electrons. The van der Waals surface area contributed by atoms with Crippen molar-refractivity contribution in [2.45, 2.75) is 23.9 Å². The average Bonchev–Trinajstić information content (AvgIpc) is 2.95. The van der Waals surface area contributed by atoms with Crippen LogP contribution in [-0.2, 0) is 25.5 Å². The van der Waals surface area contributed by atoms with E-state index in [9.17, 15) is 14.4 Å². The van der Waals surface area contributed by atoms with E-state index in [1.165, 1.54) is 16.7 Å². The maximum atomic E-state index is 13.1. The number of ether oxygens (including phenoxy) is 2. The number of carbonyl (C=O) groups excluding carboxylic acids is 3. The molecular weight excluding hydrogens is 524 g/mol. The van der Waals surface area contributed by atoms with Gasteiger partial charge in [-0.3, -0.25) is 14.5 Å². The van der Waals surface area contributed by atoms with Gasteiger partial charge in [0.2, 0.25) is 11.8 Å². The Morgan fingerprint density at radius 1 is 0.947 bits per heavy atom. The van der Waals surface area contributed by atoms with Gasteiger partial charge in [-0.05, 0) is 16.7 Å². The highest BCUT2D eigenvalue weighted by Gasteiger charge is 2.54. The predicted molar refractivity (Wildman–Crippen MR) is 145 cm³/mol. The Kier molecular flexibility index (Phi) is 8.00. The van der Waals surface area contributed by atoms with Crippen LogP contribution < -0.4 is 5.32 Å². The highest BCUT2D eigenvalue weighted by atomic mass is 35.5. The first-order chi connectivity index (χ1) is 18.5. The van der Waals surface area contributed by atoms with Gasteiger partial charge in [-0.25, -0.2) is 4.79 Å². The van der Waals surface area contributed by atoms with Crippen LogP contribution >= 0.6 is 23.4 Å². The second kappa shape index (κ2) is 11.8. The average molecular weight is 549 g/mol. The summed E-state index contributed by atoms with van der Waals surface area (Å²) in [5.41, 5.74) is 3.01. The summed E-state index contributed by atoms with van der Waals surface area (Å²) in [6.45, 7) is 0.